The molecular formula is C17H25N3O2. The molecule has 1 heterocycles. The van der Waals surface area contributed by atoms with E-state index in [9.17, 15) is 9.59 Å². The van der Waals surface area contributed by atoms with Gasteiger partial charge in [-0.2, -0.15) is 0 Å². The number of nitrogens with one attached hydrogen (secondary N) is 2. The zero-order valence-electron chi connectivity index (χ0n) is 13.2. The van der Waals surface area contributed by atoms with Gasteiger partial charge in [0.2, 0.25) is 5.91 Å². The van der Waals surface area contributed by atoms with E-state index in [4.69, 9.17) is 0 Å². The molecule has 1 saturated heterocycles. The summed E-state index contributed by atoms with van der Waals surface area (Å²) in [7, 11) is 0. The summed E-state index contributed by atoms with van der Waals surface area (Å²) in [6, 6.07) is 7.00. The molecule has 1 fully saturated rings. The molecule has 0 atom stereocenters. The van der Waals surface area contributed by atoms with Crippen LogP contribution in [0.2, 0.25) is 0 Å². The Hall–Kier alpha value is -1.88. The van der Waals surface area contributed by atoms with Crippen LogP contribution in [0.5, 0.6) is 0 Å². The Balaban J connectivity index is 1.73. The van der Waals surface area contributed by atoms with Crippen molar-refractivity contribution in [1.82, 2.24) is 10.2 Å². The molecule has 0 aromatic heterocycles. The number of carbonyl (C=O) groups excluding carboxylic acids is 2. The SMILES string of the molecule is CC(=O)Nc1cccc(C(=O)NCCCN2CCCCC2)c1. The van der Waals surface area contributed by atoms with Gasteiger partial charge in [0.05, 0.1) is 0 Å². The zero-order valence-corrected chi connectivity index (χ0v) is 13.2. The fourth-order valence-electron chi connectivity index (χ4n) is 2.73. The molecule has 120 valence electrons. The fraction of sp³-hybridized carbons (Fsp3) is 0.529. The summed E-state index contributed by atoms with van der Waals surface area (Å²) >= 11 is 0. The van der Waals surface area contributed by atoms with Gasteiger partial charge in [-0.15, -0.1) is 0 Å². The molecule has 0 unspecified atom stereocenters. The van der Waals surface area contributed by atoms with Gasteiger partial charge in [0.15, 0.2) is 0 Å². The molecule has 22 heavy (non-hydrogen) atoms. The number of piperidine rings is 1. The molecule has 2 rings (SSSR count). The minimum Gasteiger partial charge on any atom is -0.352 e. The summed E-state index contributed by atoms with van der Waals surface area (Å²) in [6.07, 6.45) is 4.90. The van der Waals surface area contributed by atoms with Gasteiger partial charge in [-0.1, -0.05) is 12.5 Å². The molecule has 0 bridgehead atoms. The van der Waals surface area contributed by atoms with Crippen molar-refractivity contribution in [3.8, 4) is 0 Å². The Kier molecular flexibility index (Phi) is 6.40. The number of anilines is 1. The zero-order chi connectivity index (χ0) is 15.8. The number of hydrogen-bond donors (Lipinski definition) is 2. The van der Waals surface area contributed by atoms with Crippen molar-refractivity contribution >= 4 is 17.5 Å². The first kappa shape index (κ1) is 16.5. The summed E-state index contributed by atoms with van der Waals surface area (Å²) < 4.78 is 0. The quantitative estimate of drug-likeness (QED) is 0.792. The summed E-state index contributed by atoms with van der Waals surface area (Å²) in [5, 5.41) is 5.63. The van der Waals surface area contributed by atoms with E-state index in [0.29, 0.717) is 17.8 Å². The summed E-state index contributed by atoms with van der Waals surface area (Å²) in [4.78, 5) is 25.6. The number of amides is 2. The minimum atomic E-state index is -0.140. The smallest absolute Gasteiger partial charge is 0.251 e. The number of benzene rings is 1. The number of rotatable bonds is 6. The summed E-state index contributed by atoms with van der Waals surface area (Å²) in [5.41, 5.74) is 1.22. The molecule has 0 radical (unpaired) electrons. The van der Waals surface area contributed by atoms with Gasteiger partial charge in [-0.05, 0) is 57.1 Å². The van der Waals surface area contributed by atoms with E-state index in [1.54, 1.807) is 24.3 Å². The van der Waals surface area contributed by atoms with Gasteiger partial charge in [0, 0.05) is 24.7 Å². The van der Waals surface area contributed by atoms with Crippen LogP contribution in [0.4, 0.5) is 5.69 Å². The van der Waals surface area contributed by atoms with E-state index in [2.05, 4.69) is 15.5 Å². The molecule has 5 heteroatoms. The molecule has 0 saturated carbocycles. The first-order chi connectivity index (χ1) is 10.6. The first-order valence-corrected chi connectivity index (χ1v) is 8.03. The van der Waals surface area contributed by atoms with E-state index in [1.807, 2.05) is 0 Å². The lowest BCUT2D eigenvalue weighted by atomic mass is 10.1. The maximum absolute atomic E-state index is 12.1. The third-order valence-corrected chi connectivity index (χ3v) is 3.83. The monoisotopic (exact) mass is 303 g/mol. The van der Waals surface area contributed by atoms with E-state index >= 15 is 0 Å². The van der Waals surface area contributed by atoms with Crippen LogP contribution in [-0.2, 0) is 4.79 Å². The Bertz CT molecular complexity index is 510. The van der Waals surface area contributed by atoms with Crippen LogP contribution < -0.4 is 10.6 Å². The molecule has 1 aromatic rings. The summed E-state index contributed by atoms with van der Waals surface area (Å²) in [5.74, 6) is -0.232. The Morgan fingerprint density at radius 1 is 1.18 bits per heavy atom. The lowest BCUT2D eigenvalue weighted by Gasteiger charge is -2.26. The molecule has 1 aliphatic rings. The highest BCUT2D eigenvalue weighted by Gasteiger charge is 2.10. The molecule has 2 amide bonds. The number of hydrogen-bond acceptors (Lipinski definition) is 3. The van der Waals surface area contributed by atoms with Crippen LogP contribution in [0.3, 0.4) is 0 Å². The van der Waals surface area contributed by atoms with Gasteiger partial charge in [0.1, 0.15) is 0 Å². The Morgan fingerprint density at radius 3 is 2.68 bits per heavy atom. The lowest BCUT2D eigenvalue weighted by molar-refractivity contribution is -0.114. The van der Waals surface area contributed by atoms with Crippen LogP contribution in [0.25, 0.3) is 0 Å². The van der Waals surface area contributed by atoms with Crippen molar-refractivity contribution in [3.63, 3.8) is 0 Å². The minimum absolute atomic E-state index is 0.0918. The molecule has 0 aliphatic carbocycles. The lowest BCUT2D eigenvalue weighted by Crippen LogP contribution is -2.33. The predicted molar refractivity (Wildman–Crippen MR) is 88.0 cm³/mol. The van der Waals surface area contributed by atoms with Gasteiger partial charge < -0.3 is 15.5 Å². The highest BCUT2D eigenvalue weighted by atomic mass is 16.2. The summed E-state index contributed by atoms with van der Waals surface area (Å²) in [6.45, 7) is 5.55. The second-order valence-electron chi connectivity index (χ2n) is 5.77. The highest BCUT2D eigenvalue weighted by Crippen LogP contribution is 2.11. The van der Waals surface area contributed by atoms with Gasteiger partial charge in [-0.3, -0.25) is 9.59 Å². The van der Waals surface area contributed by atoms with Crippen molar-refractivity contribution in [2.24, 2.45) is 0 Å². The van der Waals surface area contributed by atoms with Crippen molar-refractivity contribution in [2.45, 2.75) is 32.6 Å². The van der Waals surface area contributed by atoms with Crippen molar-refractivity contribution in [3.05, 3.63) is 29.8 Å². The van der Waals surface area contributed by atoms with E-state index in [1.165, 1.54) is 39.3 Å². The van der Waals surface area contributed by atoms with Crippen LogP contribution >= 0.6 is 0 Å². The normalized spacial score (nSPS) is 15.3. The van der Waals surface area contributed by atoms with Crippen LogP contribution in [0, 0.1) is 0 Å². The highest BCUT2D eigenvalue weighted by molar-refractivity contribution is 5.96. The molecule has 1 aromatic carbocycles. The third-order valence-electron chi connectivity index (χ3n) is 3.83. The topological polar surface area (TPSA) is 61.4 Å². The molecule has 5 nitrogen and oxygen atoms in total. The predicted octanol–water partition coefficient (Wildman–Crippen LogP) is 2.25. The number of nitrogens with zero attached hydrogens (tertiary/aromatic N) is 1. The molecule has 0 spiro atoms. The molecule has 1 aliphatic heterocycles. The van der Waals surface area contributed by atoms with Crippen LogP contribution in [-0.4, -0.2) is 42.9 Å². The van der Waals surface area contributed by atoms with Crippen LogP contribution in [0.15, 0.2) is 24.3 Å². The molecule has 2 N–H and O–H groups in total. The Morgan fingerprint density at radius 2 is 1.95 bits per heavy atom. The van der Waals surface area contributed by atoms with Crippen molar-refractivity contribution in [1.29, 1.82) is 0 Å². The second-order valence-corrected chi connectivity index (χ2v) is 5.77. The first-order valence-electron chi connectivity index (χ1n) is 8.03. The fourth-order valence-corrected chi connectivity index (χ4v) is 2.73. The second kappa shape index (κ2) is 8.54. The number of likely N-dealkylation sites (tertiary alicyclic amines) is 1. The van der Waals surface area contributed by atoms with Gasteiger partial charge in [-0.25, -0.2) is 0 Å². The van der Waals surface area contributed by atoms with Crippen molar-refractivity contribution < 1.29 is 9.59 Å². The average Bonchev–Trinajstić information content (AvgIpc) is 2.52. The van der Waals surface area contributed by atoms with E-state index in [-0.39, 0.29) is 11.8 Å². The largest absolute Gasteiger partial charge is 0.352 e. The Labute approximate surface area is 132 Å². The van der Waals surface area contributed by atoms with Crippen LogP contribution in [0.1, 0.15) is 43.0 Å². The van der Waals surface area contributed by atoms with Crippen molar-refractivity contribution in [2.75, 3.05) is 31.5 Å². The average molecular weight is 303 g/mol. The maximum atomic E-state index is 12.1. The van der Waals surface area contributed by atoms with E-state index in [0.717, 1.165) is 13.0 Å². The van der Waals surface area contributed by atoms with Gasteiger partial charge >= 0.3 is 0 Å². The molecular weight excluding hydrogens is 278 g/mol. The van der Waals surface area contributed by atoms with E-state index < -0.39 is 0 Å². The number of carbonyl (C=O) groups is 2. The maximum Gasteiger partial charge on any atom is 0.251 e. The standard InChI is InChI=1S/C17H25N3O2/c1-14(21)19-16-8-5-7-15(13-16)17(22)18-9-6-12-20-10-3-2-4-11-20/h5,7-8,13H,2-4,6,9-12H2,1H3,(H,18,22)(H,19,21). The van der Waals surface area contributed by atoms with Gasteiger partial charge in [0.25, 0.3) is 5.91 Å². The third kappa shape index (κ3) is 5.48.